The number of carbonyl (C=O) groups is 2. The molecule has 0 radical (unpaired) electrons. The minimum absolute atomic E-state index is 0.0346. The smallest absolute Gasteiger partial charge is 0.313 e. The molecule has 6 nitrogen and oxygen atoms in total. The maximum absolute atomic E-state index is 12.3. The lowest BCUT2D eigenvalue weighted by molar-refractivity contribution is -0.148. The minimum Gasteiger partial charge on any atom is -0.493 e. The Bertz CT molecular complexity index is 1130. The molecular formula is C25H28O6. The van der Waals surface area contributed by atoms with E-state index in [4.69, 9.17) is 18.3 Å². The fraction of sp³-hybridized carbons (Fsp3) is 0.440. The summed E-state index contributed by atoms with van der Waals surface area (Å²) < 4.78 is 39.8. The van der Waals surface area contributed by atoms with Gasteiger partial charge in [0, 0.05) is 17.5 Å². The van der Waals surface area contributed by atoms with Gasteiger partial charge in [-0.05, 0) is 48.4 Å². The first-order valence-corrected chi connectivity index (χ1v) is 10.4. The Balaban J connectivity index is 1.91. The summed E-state index contributed by atoms with van der Waals surface area (Å²) in [5.74, 6) is -0.756. The molecule has 4 rings (SSSR count). The molecule has 1 atom stereocenters. The summed E-state index contributed by atoms with van der Waals surface area (Å²) in [6.07, 6.45) is 1.29. The Morgan fingerprint density at radius 3 is 2.42 bits per heavy atom. The number of benzene rings is 2. The molecule has 6 heteroatoms. The van der Waals surface area contributed by atoms with Crippen molar-refractivity contribution < 1.29 is 33.0 Å². The maximum atomic E-state index is 12.3. The van der Waals surface area contributed by atoms with E-state index < -0.39 is 24.5 Å². The molecule has 0 aromatic heterocycles. The SMILES string of the molecule is [2H]C([2H])([2H])Oc1ccc(-c2cccc3c2CCC3=O)c(OC(C(C)C)C2(C(=O)O)CC2)c1OC. The van der Waals surface area contributed by atoms with E-state index >= 15 is 0 Å². The van der Waals surface area contributed by atoms with Gasteiger partial charge in [0.15, 0.2) is 17.3 Å². The van der Waals surface area contributed by atoms with Crippen LogP contribution in [0.2, 0.25) is 0 Å². The molecule has 1 fully saturated rings. The van der Waals surface area contributed by atoms with Crippen molar-refractivity contribution in [2.75, 3.05) is 14.1 Å². The topological polar surface area (TPSA) is 82.1 Å². The van der Waals surface area contributed by atoms with Crippen LogP contribution in [0.15, 0.2) is 30.3 Å². The van der Waals surface area contributed by atoms with Crippen molar-refractivity contribution in [3.8, 4) is 28.4 Å². The summed E-state index contributed by atoms with van der Waals surface area (Å²) in [7, 11) is -1.34. The van der Waals surface area contributed by atoms with Crippen molar-refractivity contribution >= 4 is 11.8 Å². The number of hydrogen-bond donors (Lipinski definition) is 1. The van der Waals surface area contributed by atoms with Crippen LogP contribution in [0, 0.1) is 11.3 Å². The van der Waals surface area contributed by atoms with Crippen molar-refractivity contribution in [1.82, 2.24) is 0 Å². The quantitative estimate of drug-likeness (QED) is 0.654. The van der Waals surface area contributed by atoms with Crippen LogP contribution in [0.25, 0.3) is 11.1 Å². The molecule has 2 aliphatic rings. The first-order chi connectivity index (χ1) is 16.0. The highest BCUT2D eigenvalue weighted by Crippen LogP contribution is 2.55. The van der Waals surface area contributed by atoms with Crippen LogP contribution in [0.1, 0.15) is 53.1 Å². The second-order valence-electron chi connectivity index (χ2n) is 8.57. The molecule has 31 heavy (non-hydrogen) atoms. The molecule has 1 N–H and O–H groups in total. The summed E-state index contributed by atoms with van der Waals surface area (Å²) in [4.78, 5) is 24.5. The number of ether oxygens (including phenoxy) is 3. The van der Waals surface area contributed by atoms with Crippen LogP contribution >= 0.6 is 0 Å². The lowest BCUT2D eigenvalue weighted by Gasteiger charge is -2.30. The molecular weight excluding hydrogens is 396 g/mol. The van der Waals surface area contributed by atoms with E-state index in [9.17, 15) is 14.7 Å². The van der Waals surface area contributed by atoms with Gasteiger partial charge in [0.1, 0.15) is 11.5 Å². The predicted octanol–water partition coefficient (Wildman–Crippen LogP) is 4.77. The van der Waals surface area contributed by atoms with Gasteiger partial charge in [0.05, 0.1) is 18.3 Å². The molecule has 1 unspecified atom stereocenters. The van der Waals surface area contributed by atoms with Gasteiger partial charge < -0.3 is 19.3 Å². The molecule has 0 saturated heterocycles. The third-order valence-electron chi connectivity index (χ3n) is 6.37. The fourth-order valence-corrected chi connectivity index (χ4v) is 4.66. The average molecular weight is 428 g/mol. The van der Waals surface area contributed by atoms with Gasteiger partial charge in [-0.25, -0.2) is 0 Å². The van der Waals surface area contributed by atoms with E-state index in [1.807, 2.05) is 19.9 Å². The van der Waals surface area contributed by atoms with Crippen LogP contribution in [0.4, 0.5) is 0 Å². The molecule has 2 aromatic carbocycles. The van der Waals surface area contributed by atoms with E-state index in [1.54, 1.807) is 18.2 Å². The fourth-order valence-electron chi connectivity index (χ4n) is 4.66. The zero-order valence-corrected chi connectivity index (χ0v) is 17.9. The monoisotopic (exact) mass is 427 g/mol. The molecule has 0 bridgehead atoms. The number of carboxylic acids is 1. The van der Waals surface area contributed by atoms with E-state index in [0.717, 1.165) is 11.1 Å². The number of Topliss-reactive ketones (excluding diaryl/α,β-unsaturated/α-hetero) is 1. The number of ketones is 1. The predicted molar refractivity (Wildman–Crippen MR) is 116 cm³/mol. The number of rotatable bonds is 8. The van der Waals surface area contributed by atoms with Gasteiger partial charge in [-0.2, -0.15) is 0 Å². The second kappa shape index (κ2) is 7.91. The van der Waals surface area contributed by atoms with Gasteiger partial charge >= 0.3 is 5.97 Å². The van der Waals surface area contributed by atoms with Crippen LogP contribution in [0.5, 0.6) is 17.2 Å². The van der Waals surface area contributed by atoms with Gasteiger partial charge in [-0.1, -0.05) is 32.0 Å². The van der Waals surface area contributed by atoms with Gasteiger partial charge in [-0.15, -0.1) is 0 Å². The van der Waals surface area contributed by atoms with E-state index in [1.165, 1.54) is 13.2 Å². The van der Waals surface area contributed by atoms with Crippen molar-refractivity contribution in [1.29, 1.82) is 0 Å². The zero-order valence-electron chi connectivity index (χ0n) is 20.9. The molecule has 1 saturated carbocycles. The zero-order chi connectivity index (χ0) is 24.8. The first-order valence-electron chi connectivity index (χ1n) is 11.9. The summed E-state index contributed by atoms with van der Waals surface area (Å²) >= 11 is 0. The van der Waals surface area contributed by atoms with Gasteiger partial charge in [0.25, 0.3) is 0 Å². The first kappa shape index (κ1) is 17.6. The highest BCUT2D eigenvalue weighted by Gasteiger charge is 2.59. The molecule has 2 aliphatic carbocycles. The Hall–Kier alpha value is -3.02. The van der Waals surface area contributed by atoms with Crippen LogP contribution < -0.4 is 14.2 Å². The third-order valence-corrected chi connectivity index (χ3v) is 6.37. The standard InChI is InChI=1S/C25H28O6/c1-14(2)23(25(12-13-25)24(27)28)31-21-18(9-11-20(29-3)22(21)30-4)15-6-5-7-17-16(15)8-10-19(17)26/h5-7,9,11,14,23H,8,10,12-13H2,1-4H3,(H,27,28)/i3D3. The number of hydrogen-bond acceptors (Lipinski definition) is 5. The number of aliphatic carboxylic acids is 1. The number of carbonyl (C=O) groups excluding carboxylic acids is 1. The van der Waals surface area contributed by atoms with Gasteiger partial charge in [0.2, 0.25) is 5.75 Å². The summed E-state index contributed by atoms with van der Waals surface area (Å²) in [6.45, 7) is 3.78. The van der Waals surface area contributed by atoms with Crippen molar-refractivity contribution in [3.05, 3.63) is 41.5 Å². The summed E-state index contributed by atoms with van der Waals surface area (Å²) in [5.41, 5.74) is 1.86. The van der Waals surface area contributed by atoms with Crippen molar-refractivity contribution in [2.45, 2.75) is 45.6 Å². The van der Waals surface area contributed by atoms with Crippen LogP contribution in [0.3, 0.4) is 0 Å². The van der Waals surface area contributed by atoms with Crippen LogP contribution in [-0.2, 0) is 11.2 Å². The summed E-state index contributed by atoms with van der Waals surface area (Å²) in [5, 5.41) is 9.93. The molecule has 0 aliphatic heterocycles. The van der Waals surface area contributed by atoms with E-state index in [0.29, 0.717) is 36.8 Å². The van der Waals surface area contributed by atoms with Crippen molar-refractivity contribution in [3.63, 3.8) is 0 Å². The lowest BCUT2D eigenvalue weighted by atomic mass is 9.89. The highest BCUT2D eigenvalue weighted by molar-refractivity contribution is 6.02. The van der Waals surface area contributed by atoms with E-state index in [-0.39, 0.29) is 28.9 Å². The summed E-state index contributed by atoms with van der Waals surface area (Å²) in [6, 6.07) is 8.63. The molecule has 0 amide bonds. The Morgan fingerprint density at radius 2 is 1.81 bits per heavy atom. The Labute approximate surface area is 186 Å². The molecule has 0 heterocycles. The minimum atomic E-state index is -2.72. The molecule has 2 aromatic rings. The largest absolute Gasteiger partial charge is 0.493 e. The second-order valence-corrected chi connectivity index (χ2v) is 8.57. The lowest BCUT2D eigenvalue weighted by Crippen LogP contribution is -2.39. The molecule has 164 valence electrons. The number of carboxylic acid groups (broad SMARTS) is 1. The normalized spacial score (nSPS) is 19.1. The average Bonchev–Trinajstić information content (AvgIpc) is 3.48. The maximum Gasteiger partial charge on any atom is 0.313 e. The number of methoxy groups -OCH3 is 2. The van der Waals surface area contributed by atoms with Crippen molar-refractivity contribution in [2.24, 2.45) is 11.3 Å². The van der Waals surface area contributed by atoms with E-state index in [2.05, 4.69) is 0 Å². The third kappa shape index (κ3) is 3.44. The highest BCUT2D eigenvalue weighted by atomic mass is 16.5. The number of fused-ring (bicyclic) bond motifs is 1. The Morgan fingerprint density at radius 1 is 1.06 bits per heavy atom. The van der Waals surface area contributed by atoms with Gasteiger partial charge in [-0.3, -0.25) is 9.59 Å². The molecule has 0 spiro atoms. The van der Waals surface area contributed by atoms with Crippen LogP contribution in [-0.4, -0.2) is 37.1 Å². The Kier molecular flexibility index (Phi) is 4.50.